The third-order valence-electron chi connectivity index (χ3n) is 4.73. The fourth-order valence-electron chi connectivity index (χ4n) is 3.34. The van der Waals surface area contributed by atoms with Crippen molar-refractivity contribution in [1.29, 1.82) is 0 Å². The Bertz CT molecular complexity index is 876. The first-order chi connectivity index (χ1) is 12.8. The minimum atomic E-state index is -0.369. The molecular weight excluding hydrogens is 326 g/mol. The highest BCUT2D eigenvalue weighted by Gasteiger charge is 2.21. The highest BCUT2D eigenvalue weighted by Crippen LogP contribution is 2.20. The normalized spacial score (nSPS) is 14.9. The molecule has 3 aromatic rings. The minimum Gasteiger partial charge on any atom is -0.338 e. The van der Waals surface area contributed by atoms with Crippen LogP contribution >= 0.6 is 0 Å². The molecule has 1 aromatic heterocycles. The number of aromatic amines is 1. The van der Waals surface area contributed by atoms with E-state index >= 15 is 0 Å². The molecule has 26 heavy (non-hydrogen) atoms. The second-order valence-electron chi connectivity index (χ2n) is 6.42. The maximum absolute atomic E-state index is 12.9. The summed E-state index contributed by atoms with van der Waals surface area (Å²) in [6.45, 7) is 1.93. The first kappa shape index (κ1) is 16.5. The van der Waals surface area contributed by atoms with Crippen molar-refractivity contribution >= 4 is 5.91 Å². The first-order valence-corrected chi connectivity index (χ1v) is 8.85. The summed E-state index contributed by atoms with van der Waals surface area (Å²) in [7, 11) is 0. The third kappa shape index (κ3) is 3.50. The van der Waals surface area contributed by atoms with Gasteiger partial charge in [0.25, 0.3) is 5.91 Å². The lowest BCUT2D eigenvalue weighted by molar-refractivity contribution is 0.0941. The van der Waals surface area contributed by atoms with Crippen LogP contribution in [-0.2, 0) is 12.8 Å². The van der Waals surface area contributed by atoms with Gasteiger partial charge < -0.3 is 10.6 Å². The maximum atomic E-state index is 12.9. The zero-order valence-corrected chi connectivity index (χ0v) is 14.4. The molecule has 0 saturated carbocycles. The molecule has 4 rings (SSSR count). The summed E-state index contributed by atoms with van der Waals surface area (Å²) in [6, 6.07) is 15.4. The van der Waals surface area contributed by atoms with Gasteiger partial charge in [0.1, 0.15) is 12.4 Å². The largest absolute Gasteiger partial charge is 0.338 e. The lowest BCUT2D eigenvalue weighted by Crippen LogP contribution is -2.30. The van der Waals surface area contributed by atoms with E-state index in [2.05, 4.69) is 31.9 Å². The van der Waals surface area contributed by atoms with Gasteiger partial charge in [0.15, 0.2) is 5.82 Å². The highest BCUT2D eigenvalue weighted by atomic mass is 16.1. The summed E-state index contributed by atoms with van der Waals surface area (Å²) in [4.78, 5) is 17.1. The highest BCUT2D eigenvalue weighted by molar-refractivity contribution is 5.95. The van der Waals surface area contributed by atoms with Crippen LogP contribution in [0.3, 0.4) is 0 Å². The molecule has 2 heterocycles. The van der Waals surface area contributed by atoms with E-state index in [0.717, 1.165) is 31.5 Å². The second kappa shape index (κ2) is 7.49. The summed E-state index contributed by atoms with van der Waals surface area (Å²) in [6.07, 6.45) is 3.40. The van der Waals surface area contributed by atoms with Crippen molar-refractivity contribution in [3.63, 3.8) is 0 Å². The predicted octanol–water partition coefficient (Wildman–Crippen LogP) is 2.01. The molecule has 1 aliphatic heterocycles. The third-order valence-corrected chi connectivity index (χ3v) is 4.73. The number of nitrogens with zero attached hydrogens (tertiary/aromatic N) is 2. The van der Waals surface area contributed by atoms with Crippen LogP contribution < -0.4 is 10.6 Å². The van der Waals surface area contributed by atoms with E-state index in [1.54, 1.807) is 0 Å². The van der Waals surface area contributed by atoms with E-state index in [1.807, 2.05) is 42.5 Å². The van der Waals surface area contributed by atoms with Gasteiger partial charge in [-0.2, -0.15) is 5.10 Å². The Balaban J connectivity index is 1.60. The Hall–Kier alpha value is -2.99. The average molecular weight is 347 g/mol. The quantitative estimate of drug-likeness (QED) is 0.674. The fourth-order valence-corrected chi connectivity index (χ4v) is 3.34. The Morgan fingerprint density at radius 2 is 1.85 bits per heavy atom. The van der Waals surface area contributed by atoms with Gasteiger partial charge in [-0.05, 0) is 54.8 Å². The van der Waals surface area contributed by atoms with Crippen molar-refractivity contribution in [2.45, 2.75) is 18.9 Å². The van der Waals surface area contributed by atoms with E-state index < -0.39 is 0 Å². The molecule has 0 bridgehead atoms. The summed E-state index contributed by atoms with van der Waals surface area (Å²) in [5.41, 5.74) is 4.20. The molecular formula is C20H21N5O. The maximum Gasteiger partial charge on any atom is 0.252 e. The second-order valence-corrected chi connectivity index (χ2v) is 6.42. The van der Waals surface area contributed by atoms with Gasteiger partial charge >= 0.3 is 0 Å². The fraction of sp³-hybridized carbons (Fsp3) is 0.250. The van der Waals surface area contributed by atoms with Crippen molar-refractivity contribution in [1.82, 2.24) is 25.8 Å². The Morgan fingerprint density at radius 1 is 1.04 bits per heavy atom. The predicted molar refractivity (Wildman–Crippen MR) is 98.9 cm³/mol. The van der Waals surface area contributed by atoms with Crippen LogP contribution in [0.5, 0.6) is 0 Å². The SMILES string of the molecule is O=C(NC(c1ccccc1)c1ncn[nH]1)c1ccc2c(c1)CCNCC2. The van der Waals surface area contributed by atoms with Crippen LogP contribution in [0.4, 0.5) is 0 Å². The van der Waals surface area contributed by atoms with Gasteiger partial charge in [-0.1, -0.05) is 36.4 Å². The van der Waals surface area contributed by atoms with Crippen LogP contribution in [0.2, 0.25) is 0 Å². The first-order valence-electron chi connectivity index (χ1n) is 8.85. The van der Waals surface area contributed by atoms with Gasteiger partial charge in [-0.15, -0.1) is 0 Å². The van der Waals surface area contributed by atoms with Crippen molar-refractivity contribution in [2.24, 2.45) is 0 Å². The summed E-state index contributed by atoms with van der Waals surface area (Å²) in [5, 5.41) is 13.3. The van der Waals surface area contributed by atoms with E-state index in [-0.39, 0.29) is 11.9 Å². The monoisotopic (exact) mass is 347 g/mol. The molecule has 0 spiro atoms. The number of amides is 1. The Labute approximate surface area is 152 Å². The molecule has 1 aliphatic rings. The van der Waals surface area contributed by atoms with E-state index in [9.17, 15) is 4.79 Å². The summed E-state index contributed by atoms with van der Waals surface area (Å²) < 4.78 is 0. The van der Waals surface area contributed by atoms with Crippen LogP contribution in [0.1, 0.15) is 38.9 Å². The van der Waals surface area contributed by atoms with E-state index in [4.69, 9.17) is 0 Å². The van der Waals surface area contributed by atoms with Crippen LogP contribution in [0.25, 0.3) is 0 Å². The number of hydrogen-bond acceptors (Lipinski definition) is 4. The van der Waals surface area contributed by atoms with Crippen molar-refractivity contribution in [3.8, 4) is 0 Å². The summed E-state index contributed by atoms with van der Waals surface area (Å²) in [5.74, 6) is 0.499. The number of fused-ring (bicyclic) bond motifs is 1. The number of rotatable bonds is 4. The number of carbonyl (C=O) groups is 1. The van der Waals surface area contributed by atoms with E-state index in [0.29, 0.717) is 11.4 Å². The number of nitrogens with one attached hydrogen (secondary N) is 3. The number of benzene rings is 2. The lowest BCUT2D eigenvalue weighted by Gasteiger charge is -2.17. The smallest absolute Gasteiger partial charge is 0.252 e. The number of carbonyl (C=O) groups excluding carboxylic acids is 1. The molecule has 6 heteroatoms. The van der Waals surface area contributed by atoms with Gasteiger partial charge in [0.05, 0.1) is 0 Å². The van der Waals surface area contributed by atoms with Gasteiger partial charge in [-0.25, -0.2) is 4.98 Å². The lowest BCUT2D eigenvalue weighted by atomic mass is 9.99. The number of H-pyrrole nitrogens is 1. The van der Waals surface area contributed by atoms with Crippen molar-refractivity contribution < 1.29 is 4.79 Å². The molecule has 132 valence electrons. The zero-order valence-electron chi connectivity index (χ0n) is 14.4. The van der Waals surface area contributed by atoms with Gasteiger partial charge in [0, 0.05) is 5.56 Å². The molecule has 3 N–H and O–H groups in total. The molecule has 6 nitrogen and oxygen atoms in total. The topological polar surface area (TPSA) is 82.7 Å². The molecule has 0 aliphatic carbocycles. The molecule has 0 fully saturated rings. The van der Waals surface area contributed by atoms with Gasteiger partial charge in [-0.3, -0.25) is 9.89 Å². The molecule has 2 aromatic carbocycles. The van der Waals surface area contributed by atoms with Crippen molar-refractivity contribution in [3.05, 3.63) is 82.9 Å². The minimum absolute atomic E-state index is 0.116. The van der Waals surface area contributed by atoms with Gasteiger partial charge in [0.2, 0.25) is 0 Å². The Morgan fingerprint density at radius 3 is 2.62 bits per heavy atom. The van der Waals surface area contributed by atoms with Crippen LogP contribution in [0, 0.1) is 0 Å². The number of hydrogen-bond donors (Lipinski definition) is 3. The van der Waals surface area contributed by atoms with Crippen LogP contribution in [0.15, 0.2) is 54.9 Å². The zero-order chi connectivity index (χ0) is 17.8. The summed E-state index contributed by atoms with van der Waals surface area (Å²) >= 11 is 0. The molecule has 0 saturated heterocycles. The Kier molecular flexibility index (Phi) is 4.75. The number of aromatic nitrogens is 3. The average Bonchev–Trinajstić information content (AvgIpc) is 3.11. The molecule has 1 unspecified atom stereocenters. The molecule has 1 amide bonds. The molecule has 0 radical (unpaired) electrons. The standard InChI is InChI=1S/C20H21N5O/c26-20(17-7-6-14-8-10-21-11-9-16(14)12-17)24-18(19-22-13-23-25-19)15-4-2-1-3-5-15/h1-7,12-13,18,21H,8-11H2,(H,24,26)(H,22,23,25). The van der Waals surface area contributed by atoms with Crippen molar-refractivity contribution in [2.75, 3.05) is 13.1 Å². The molecule has 1 atom stereocenters. The van der Waals surface area contributed by atoms with E-state index in [1.165, 1.54) is 17.5 Å². The van der Waals surface area contributed by atoms with Crippen LogP contribution in [-0.4, -0.2) is 34.2 Å².